The van der Waals surface area contributed by atoms with Crippen molar-refractivity contribution in [2.24, 2.45) is 11.1 Å². The molecular weight excluding hydrogens is 214 g/mol. The second-order valence-electron chi connectivity index (χ2n) is 5.63. The maximum atomic E-state index is 12.2. The molecule has 1 unspecified atom stereocenters. The number of hydrogen-bond acceptors (Lipinski definition) is 3. The SMILES string of the molecule is CC(C)(C)C(N)C(=O)c1ccc2c(c1)CCO2. The summed E-state index contributed by atoms with van der Waals surface area (Å²) in [5.74, 6) is 0.901. The standard InChI is InChI=1S/C14H19NO2/c1-14(2,3)13(15)12(16)10-4-5-11-9(8-10)6-7-17-11/h4-5,8,13H,6-7,15H2,1-3H3. The van der Waals surface area contributed by atoms with Crippen LogP contribution in [0.25, 0.3) is 0 Å². The molecule has 0 saturated heterocycles. The van der Waals surface area contributed by atoms with E-state index in [1.54, 1.807) is 6.07 Å². The lowest BCUT2D eigenvalue weighted by molar-refractivity contribution is 0.0901. The van der Waals surface area contributed by atoms with E-state index in [-0.39, 0.29) is 11.2 Å². The zero-order valence-electron chi connectivity index (χ0n) is 10.6. The van der Waals surface area contributed by atoms with E-state index in [4.69, 9.17) is 10.5 Å². The topological polar surface area (TPSA) is 52.3 Å². The van der Waals surface area contributed by atoms with Gasteiger partial charge in [0.1, 0.15) is 5.75 Å². The van der Waals surface area contributed by atoms with Crippen molar-refractivity contribution in [2.45, 2.75) is 33.2 Å². The molecule has 0 radical (unpaired) electrons. The van der Waals surface area contributed by atoms with E-state index >= 15 is 0 Å². The molecule has 0 aliphatic carbocycles. The van der Waals surface area contributed by atoms with Crippen molar-refractivity contribution in [2.75, 3.05) is 6.61 Å². The third-order valence-electron chi connectivity index (χ3n) is 3.19. The molecule has 3 heteroatoms. The van der Waals surface area contributed by atoms with Gasteiger partial charge in [-0.1, -0.05) is 20.8 Å². The molecule has 1 heterocycles. The Kier molecular flexibility index (Phi) is 2.96. The van der Waals surface area contributed by atoms with Crippen LogP contribution in [0.15, 0.2) is 18.2 Å². The van der Waals surface area contributed by atoms with Gasteiger partial charge in [0.25, 0.3) is 0 Å². The third kappa shape index (κ3) is 2.34. The Bertz CT molecular complexity index is 446. The number of nitrogens with two attached hydrogens (primary N) is 1. The number of hydrogen-bond donors (Lipinski definition) is 1. The highest BCUT2D eigenvalue weighted by Crippen LogP contribution is 2.28. The van der Waals surface area contributed by atoms with Crippen molar-refractivity contribution in [1.82, 2.24) is 0 Å². The maximum Gasteiger partial charge on any atom is 0.180 e. The van der Waals surface area contributed by atoms with Crippen LogP contribution >= 0.6 is 0 Å². The molecule has 3 nitrogen and oxygen atoms in total. The number of benzene rings is 1. The predicted octanol–water partition coefficient (Wildman–Crippen LogP) is 2.18. The number of rotatable bonds is 2. The minimum atomic E-state index is -0.470. The Morgan fingerprint density at radius 1 is 1.41 bits per heavy atom. The van der Waals surface area contributed by atoms with Crippen LogP contribution in [0, 0.1) is 5.41 Å². The van der Waals surface area contributed by atoms with E-state index in [0.717, 1.165) is 17.7 Å². The molecule has 0 aromatic heterocycles. The van der Waals surface area contributed by atoms with Gasteiger partial charge in [0.05, 0.1) is 12.6 Å². The van der Waals surface area contributed by atoms with Crippen LogP contribution in [0.4, 0.5) is 0 Å². The van der Waals surface area contributed by atoms with Crippen LogP contribution in [0.5, 0.6) is 5.75 Å². The Labute approximate surface area is 102 Å². The molecule has 0 fully saturated rings. The minimum Gasteiger partial charge on any atom is -0.493 e. The van der Waals surface area contributed by atoms with E-state index in [1.165, 1.54) is 0 Å². The number of carbonyl (C=O) groups is 1. The average molecular weight is 233 g/mol. The Hall–Kier alpha value is -1.35. The molecule has 2 rings (SSSR count). The lowest BCUT2D eigenvalue weighted by Crippen LogP contribution is -2.42. The molecule has 0 amide bonds. The van der Waals surface area contributed by atoms with Gasteiger partial charge < -0.3 is 10.5 Å². The van der Waals surface area contributed by atoms with Gasteiger partial charge in [0.2, 0.25) is 0 Å². The van der Waals surface area contributed by atoms with Crippen LogP contribution in [0.3, 0.4) is 0 Å². The average Bonchev–Trinajstić information content (AvgIpc) is 2.72. The van der Waals surface area contributed by atoms with Gasteiger partial charge in [-0.2, -0.15) is 0 Å². The lowest BCUT2D eigenvalue weighted by Gasteiger charge is -2.25. The monoisotopic (exact) mass is 233 g/mol. The quantitative estimate of drug-likeness (QED) is 0.796. The molecular formula is C14H19NO2. The first kappa shape index (κ1) is 12.1. The molecule has 1 aliphatic rings. The van der Waals surface area contributed by atoms with Crippen LogP contribution in [-0.4, -0.2) is 18.4 Å². The second-order valence-corrected chi connectivity index (χ2v) is 5.63. The highest BCUT2D eigenvalue weighted by Gasteiger charge is 2.28. The van der Waals surface area contributed by atoms with Crippen molar-refractivity contribution in [3.63, 3.8) is 0 Å². The lowest BCUT2D eigenvalue weighted by atomic mass is 9.82. The van der Waals surface area contributed by atoms with Gasteiger partial charge in [0.15, 0.2) is 5.78 Å². The van der Waals surface area contributed by atoms with Crippen LogP contribution in [-0.2, 0) is 6.42 Å². The number of ether oxygens (including phenoxy) is 1. The zero-order chi connectivity index (χ0) is 12.6. The molecule has 1 aromatic rings. The normalized spacial score (nSPS) is 16.2. The van der Waals surface area contributed by atoms with Gasteiger partial charge in [0, 0.05) is 12.0 Å². The molecule has 1 aliphatic heterocycles. The molecule has 0 saturated carbocycles. The summed E-state index contributed by atoms with van der Waals surface area (Å²) in [6.45, 7) is 6.64. The largest absolute Gasteiger partial charge is 0.493 e. The first-order valence-corrected chi connectivity index (χ1v) is 5.95. The van der Waals surface area contributed by atoms with Gasteiger partial charge in [-0.25, -0.2) is 0 Å². The second kappa shape index (κ2) is 4.15. The van der Waals surface area contributed by atoms with Crippen molar-refractivity contribution in [3.8, 4) is 5.75 Å². The summed E-state index contributed by atoms with van der Waals surface area (Å²) in [6.07, 6.45) is 0.876. The summed E-state index contributed by atoms with van der Waals surface area (Å²) in [4.78, 5) is 12.2. The maximum absolute atomic E-state index is 12.2. The number of Topliss-reactive ketones (excluding diaryl/α,β-unsaturated/α-hetero) is 1. The summed E-state index contributed by atoms with van der Waals surface area (Å²) in [7, 11) is 0. The Morgan fingerprint density at radius 3 is 2.76 bits per heavy atom. The fourth-order valence-electron chi connectivity index (χ4n) is 1.91. The summed E-state index contributed by atoms with van der Waals surface area (Å²) in [6, 6.07) is 5.11. The summed E-state index contributed by atoms with van der Waals surface area (Å²) >= 11 is 0. The molecule has 2 N–H and O–H groups in total. The fraction of sp³-hybridized carbons (Fsp3) is 0.500. The fourth-order valence-corrected chi connectivity index (χ4v) is 1.91. The number of fused-ring (bicyclic) bond motifs is 1. The highest BCUT2D eigenvalue weighted by atomic mass is 16.5. The molecule has 17 heavy (non-hydrogen) atoms. The van der Waals surface area contributed by atoms with Crippen LogP contribution < -0.4 is 10.5 Å². The molecule has 0 spiro atoms. The van der Waals surface area contributed by atoms with Crippen molar-refractivity contribution in [1.29, 1.82) is 0 Å². The van der Waals surface area contributed by atoms with Gasteiger partial charge in [-0.3, -0.25) is 4.79 Å². The summed E-state index contributed by atoms with van der Waals surface area (Å²) < 4.78 is 5.42. The van der Waals surface area contributed by atoms with Crippen LogP contribution in [0.1, 0.15) is 36.7 Å². The predicted molar refractivity (Wildman–Crippen MR) is 67.4 cm³/mol. The van der Waals surface area contributed by atoms with Crippen molar-refractivity contribution < 1.29 is 9.53 Å². The highest BCUT2D eigenvalue weighted by molar-refractivity contribution is 6.00. The Balaban J connectivity index is 2.26. The third-order valence-corrected chi connectivity index (χ3v) is 3.19. The van der Waals surface area contributed by atoms with E-state index < -0.39 is 6.04 Å². The molecule has 92 valence electrons. The first-order chi connectivity index (χ1) is 7.89. The zero-order valence-corrected chi connectivity index (χ0v) is 10.6. The number of carbonyl (C=O) groups excluding carboxylic acids is 1. The van der Waals surface area contributed by atoms with Gasteiger partial charge >= 0.3 is 0 Å². The van der Waals surface area contributed by atoms with E-state index in [9.17, 15) is 4.79 Å². The van der Waals surface area contributed by atoms with E-state index in [2.05, 4.69) is 0 Å². The van der Waals surface area contributed by atoms with Crippen molar-refractivity contribution in [3.05, 3.63) is 29.3 Å². The smallest absolute Gasteiger partial charge is 0.180 e. The molecule has 0 bridgehead atoms. The minimum absolute atomic E-state index is 0.00667. The van der Waals surface area contributed by atoms with E-state index in [0.29, 0.717) is 12.2 Å². The van der Waals surface area contributed by atoms with Gasteiger partial charge in [-0.05, 0) is 29.2 Å². The summed E-state index contributed by atoms with van der Waals surface area (Å²) in [5.41, 5.74) is 7.57. The Morgan fingerprint density at radius 2 is 2.12 bits per heavy atom. The number of ketones is 1. The molecule has 1 atom stereocenters. The summed E-state index contributed by atoms with van der Waals surface area (Å²) in [5, 5.41) is 0. The molecule has 1 aromatic carbocycles. The van der Waals surface area contributed by atoms with Gasteiger partial charge in [-0.15, -0.1) is 0 Å². The van der Waals surface area contributed by atoms with Crippen molar-refractivity contribution >= 4 is 5.78 Å². The van der Waals surface area contributed by atoms with Crippen LogP contribution in [0.2, 0.25) is 0 Å². The first-order valence-electron chi connectivity index (χ1n) is 5.95. The van der Waals surface area contributed by atoms with E-state index in [1.807, 2.05) is 32.9 Å².